The van der Waals surface area contributed by atoms with E-state index in [0.717, 1.165) is 12.8 Å². The number of carbonyl (C=O) groups is 1. The first kappa shape index (κ1) is 6.79. The van der Waals surface area contributed by atoms with Crippen molar-refractivity contribution in [1.82, 2.24) is 0 Å². The van der Waals surface area contributed by atoms with Crippen molar-refractivity contribution in [2.45, 2.75) is 33.6 Å². The Morgan fingerprint density at radius 1 is 1.56 bits per heavy atom. The summed E-state index contributed by atoms with van der Waals surface area (Å²) in [5.41, 5.74) is 0.0417. The fourth-order valence-electron chi connectivity index (χ4n) is 1.23. The van der Waals surface area contributed by atoms with E-state index in [1.807, 2.05) is 0 Å². The molecular formula is C8H14O. The van der Waals surface area contributed by atoms with Crippen LogP contribution >= 0.6 is 0 Å². The van der Waals surface area contributed by atoms with Gasteiger partial charge < -0.3 is 0 Å². The van der Waals surface area contributed by atoms with Gasteiger partial charge in [0.05, 0.1) is 0 Å². The Balaban J connectivity index is 2.64. The first-order valence-corrected chi connectivity index (χ1v) is 3.60. The van der Waals surface area contributed by atoms with Crippen molar-refractivity contribution in [2.75, 3.05) is 0 Å². The Morgan fingerprint density at radius 2 is 2.11 bits per heavy atom. The Kier molecular flexibility index (Phi) is 1.38. The van der Waals surface area contributed by atoms with E-state index in [9.17, 15) is 4.79 Å². The third-order valence-electron chi connectivity index (χ3n) is 2.78. The van der Waals surface area contributed by atoms with Crippen LogP contribution in [0.25, 0.3) is 0 Å². The van der Waals surface area contributed by atoms with Crippen molar-refractivity contribution in [1.29, 1.82) is 0 Å². The maximum absolute atomic E-state index is 11.0. The lowest BCUT2D eigenvalue weighted by Crippen LogP contribution is -2.42. The highest BCUT2D eigenvalue weighted by Gasteiger charge is 2.43. The van der Waals surface area contributed by atoms with E-state index in [4.69, 9.17) is 0 Å². The molecule has 0 spiro atoms. The highest BCUT2D eigenvalue weighted by Crippen LogP contribution is 2.42. The second-order valence-corrected chi connectivity index (χ2v) is 3.50. The van der Waals surface area contributed by atoms with Gasteiger partial charge in [0.1, 0.15) is 5.78 Å². The summed E-state index contributed by atoms with van der Waals surface area (Å²) >= 11 is 0. The van der Waals surface area contributed by atoms with Crippen molar-refractivity contribution in [3.05, 3.63) is 0 Å². The molecule has 0 amide bonds. The molecule has 1 fully saturated rings. The van der Waals surface area contributed by atoms with Crippen LogP contribution in [0.1, 0.15) is 33.6 Å². The van der Waals surface area contributed by atoms with Crippen LogP contribution in [0.4, 0.5) is 0 Å². The standard InChI is InChI=1S/C8H14O/c1-6(2)8(3)5-4-7(8)9/h6H,4-5H2,1-3H3. The summed E-state index contributed by atoms with van der Waals surface area (Å²) in [4.78, 5) is 11.0. The molecule has 0 N–H and O–H groups in total. The average molecular weight is 126 g/mol. The molecule has 0 aromatic rings. The largest absolute Gasteiger partial charge is 0.299 e. The minimum absolute atomic E-state index is 0.0417. The second kappa shape index (κ2) is 1.83. The van der Waals surface area contributed by atoms with Crippen LogP contribution in [0.2, 0.25) is 0 Å². The van der Waals surface area contributed by atoms with E-state index in [-0.39, 0.29) is 5.41 Å². The zero-order valence-electron chi connectivity index (χ0n) is 6.40. The molecule has 0 heterocycles. The maximum atomic E-state index is 11.0. The minimum Gasteiger partial charge on any atom is -0.299 e. The molecule has 0 bridgehead atoms. The van der Waals surface area contributed by atoms with Gasteiger partial charge in [-0.3, -0.25) is 4.79 Å². The van der Waals surface area contributed by atoms with E-state index in [1.165, 1.54) is 0 Å². The lowest BCUT2D eigenvalue weighted by atomic mass is 9.62. The van der Waals surface area contributed by atoms with Crippen molar-refractivity contribution < 1.29 is 4.79 Å². The summed E-state index contributed by atoms with van der Waals surface area (Å²) in [5.74, 6) is 0.983. The Bertz CT molecular complexity index is 138. The molecule has 0 aliphatic heterocycles. The number of ketones is 1. The molecule has 1 saturated carbocycles. The predicted molar refractivity (Wildman–Crippen MR) is 37.2 cm³/mol. The maximum Gasteiger partial charge on any atom is 0.139 e. The highest BCUT2D eigenvalue weighted by atomic mass is 16.1. The quantitative estimate of drug-likeness (QED) is 0.525. The van der Waals surface area contributed by atoms with Crippen LogP contribution in [-0.2, 0) is 4.79 Å². The van der Waals surface area contributed by atoms with Gasteiger partial charge in [0.15, 0.2) is 0 Å². The summed E-state index contributed by atoms with van der Waals surface area (Å²) < 4.78 is 0. The topological polar surface area (TPSA) is 17.1 Å². The van der Waals surface area contributed by atoms with Crippen LogP contribution in [-0.4, -0.2) is 5.78 Å². The van der Waals surface area contributed by atoms with Gasteiger partial charge in [-0.15, -0.1) is 0 Å². The SMILES string of the molecule is CC(C)C1(C)CCC1=O. The predicted octanol–water partition coefficient (Wildman–Crippen LogP) is 2.01. The van der Waals surface area contributed by atoms with E-state index in [1.54, 1.807) is 0 Å². The van der Waals surface area contributed by atoms with Crippen LogP contribution < -0.4 is 0 Å². The molecule has 0 aromatic carbocycles. The first-order valence-electron chi connectivity index (χ1n) is 3.60. The summed E-state index contributed by atoms with van der Waals surface area (Å²) in [6.07, 6.45) is 1.91. The Morgan fingerprint density at radius 3 is 2.11 bits per heavy atom. The van der Waals surface area contributed by atoms with Crippen LogP contribution in [0.5, 0.6) is 0 Å². The van der Waals surface area contributed by atoms with Crippen molar-refractivity contribution in [2.24, 2.45) is 11.3 Å². The fourth-order valence-corrected chi connectivity index (χ4v) is 1.23. The molecule has 1 rings (SSSR count). The smallest absolute Gasteiger partial charge is 0.139 e. The number of hydrogen-bond donors (Lipinski definition) is 0. The molecule has 1 aliphatic carbocycles. The summed E-state index contributed by atoms with van der Waals surface area (Å²) in [6, 6.07) is 0. The van der Waals surface area contributed by atoms with Gasteiger partial charge in [0, 0.05) is 11.8 Å². The molecule has 0 saturated heterocycles. The molecule has 1 aliphatic rings. The van der Waals surface area contributed by atoms with Gasteiger partial charge in [0.25, 0.3) is 0 Å². The van der Waals surface area contributed by atoms with Gasteiger partial charge in [-0.2, -0.15) is 0 Å². The van der Waals surface area contributed by atoms with E-state index in [0.29, 0.717) is 11.7 Å². The van der Waals surface area contributed by atoms with Gasteiger partial charge in [0.2, 0.25) is 0 Å². The second-order valence-electron chi connectivity index (χ2n) is 3.50. The molecule has 9 heavy (non-hydrogen) atoms. The lowest BCUT2D eigenvalue weighted by molar-refractivity contribution is -0.140. The molecule has 1 unspecified atom stereocenters. The number of rotatable bonds is 1. The molecule has 1 atom stereocenters. The highest BCUT2D eigenvalue weighted by molar-refractivity contribution is 5.90. The Hall–Kier alpha value is -0.330. The third kappa shape index (κ3) is 0.790. The zero-order valence-corrected chi connectivity index (χ0v) is 6.40. The lowest BCUT2D eigenvalue weighted by Gasteiger charge is -2.40. The summed E-state index contributed by atoms with van der Waals surface area (Å²) in [7, 11) is 0. The van der Waals surface area contributed by atoms with Crippen molar-refractivity contribution in [3.63, 3.8) is 0 Å². The minimum atomic E-state index is 0.0417. The summed E-state index contributed by atoms with van der Waals surface area (Å²) in [5, 5.41) is 0. The summed E-state index contributed by atoms with van der Waals surface area (Å²) in [6.45, 7) is 6.32. The van der Waals surface area contributed by atoms with Gasteiger partial charge >= 0.3 is 0 Å². The fraction of sp³-hybridized carbons (Fsp3) is 0.875. The van der Waals surface area contributed by atoms with Gasteiger partial charge in [-0.1, -0.05) is 20.8 Å². The Labute approximate surface area is 56.4 Å². The van der Waals surface area contributed by atoms with Crippen molar-refractivity contribution >= 4 is 5.78 Å². The first-order chi connectivity index (χ1) is 4.07. The van der Waals surface area contributed by atoms with E-state index >= 15 is 0 Å². The molecule has 52 valence electrons. The van der Waals surface area contributed by atoms with Crippen LogP contribution in [0.15, 0.2) is 0 Å². The van der Waals surface area contributed by atoms with Crippen LogP contribution in [0.3, 0.4) is 0 Å². The molecular weight excluding hydrogens is 112 g/mol. The third-order valence-corrected chi connectivity index (χ3v) is 2.78. The normalized spacial score (nSPS) is 34.9. The molecule has 0 aromatic heterocycles. The number of hydrogen-bond acceptors (Lipinski definition) is 1. The van der Waals surface area contributed by atoms with Gasteiger partial charge in [-0.25, -0.2) is 0 Å². The molecule has 1 heteroatoms. The average Bonchev–Trinajstić information content (AvgIpc) is 1.82. The number of carbonyl (C=O) groups excluding carboxylic acids is 1. The van der Waals surface area contributed by atoms with E-state index < -0.39 is 0 Å². The van der Waals surface area contributed by atoms with Crippen LogP contribution in [0, 0.1) is 11.3 Å². The van der Waals surface area contributed by atoms with E-state index in [2.05, 4.69) is 20.8 Å². The number of Topliss-reactive ketones (excluding diaryl/α,β-unsaturated/α-hetero) is 1. The van der Waals surface area contributed by atoms with Crippen molar-refractivity contribution in [3.8, 4) is 0 Å². The molecule has 1 nitrogen and oxygen atoms in total. The monoisotopic (exact) mass is 126 g/mol. The zero-order chi connectivity index (χ0) is 7.07. The molecule has 0 radical (unpaired) electrons. The van der Waals surface area contributed by atoms with Gasteiger partial charge in [-0.05, 0) is 12.3 Å².